The Kier molecular flexibility index (Phi) is 5.11. The number of fused-ring (bicyclic) bond motifs is 1. The number of amides is 1. The molecule has 2 aromatic carbocycles. The van der Waals surface area contributed by atoms with Crippen molar-refractivity contribution in [2.24, 2.45) is 0 Å². The Hall–Kier alpha value is -3.48. The molecule has 1 amide bonds. The van der Waals surface area contributed by atoms with Gasteiger partial charge in [-0.05, 0) is 43.7 Å². The molecule has 30 heavy (non-hydrogen) atoms. The van der Waals surface area contributed by atoms with Gasteiger partial charge in [0.25, 0.3) is 5.91 Å². The summed E-state index contributed by atoms with van der Waals surface area (Å²) in [6, 6.07) is 11.5. The molecule has 2 heterocycles. The number of hydrogen-bond donors (Lipinski definition) is 1. The number of nitrogens with zero attached hydrogens (tertiary/aromatic N) is 1. The zero-order valence-corrected chi connectivity index (χ0v) is 17.0. The Morgan fingerprint density at radius 2 is 1.87 bits per heavy atom. The predicted molar refractivity (Wildman–Crippen MR) is 110 cm³/mol. The van der Waals surface area contributed by atoms with Crippen molar-refractivity contribution in [2.75, 3.05) is 11.7 Å². The highest BCUT2D eigenvalue weighted by molar-refractivity contribution is 6.16. The molecule has 7 nitrogen and oxygen atoms in total. The maximum atomic E-state index is 13.0. The van der Waals surface area contributed by atoms with E-state index in [0.717, 1.165) is 0 Å². The Morgan fingerprint density at radius 1 is 1.17 bits per heavy atom. The van der Waals surface area contributed by atoms with Crippen LogP contribution in [0.4, 0.5) is 5.69 Å². The van der Waals surface area contributed by atoms with Gasteiger partial charge < -0.3 is 19.3 Å². The number of hydrogen-bond acceptors (Lipinski definition) is 6. The third-order valence-electron chi connectivity index (χ3n) is 5.03. The number of ether oxygens (including phenoxy) is 3. The van der Waals surface area contributed by atoms with Crippen LogP contribution in [0.3, 0.4) is 0 Å². The average Bonchev–Trinajstić information content (AvgIpc) is 3.30. The predicted octanol–water partition coefficient (Wildman–Crippen LogP) is 4.08. The van der Waals surface area contributed by atoms with Gasteiger partial charge in [0, 0.05) is 18.2 Å². The number of Topliss-reactive ketones (excluding diaryl/α,β-unsaturated/α-hetero) is 1. The molecule has 1 unspecified atom stereocenters. The van der Waals surface area contributed by atoms with Crippen molar-refractivity contribution in [2.45, 2.75) is 39.3 Å². The highest BCUT2D eigenvalue weighted by Gasteiger charge is 2.44. The van der Waals surface area contributed by atoms with E-state index in [1.54, 1.807) is 49.4 Å². The highest BCUT2D eigenvalue weighted by atomic mass is 16.7. The lowest BCUT2D eigenvalue weighted by molar-refractivity contribution is -0.118. The molecule has 0 aliphatic carbocycles. The average molecular weight is 409 g/mol. The van der Waals surface area contributed by atoms with Crippen molar-refractivity contribution in [1.82, 2.24) is 0 Å². The van der Waals surface area contributed by atoms with E-state index in [2.05, 4.69) is 0 Å². The molecule has 1 N–H and O–H groups in total. The molecule has 2 aliphatic heterocycles. The second-order valence-corrected chi connectivity index (χ2v) is 7.39. The van der Waals surface area contributed by atoms with E-state index in [1.807, 2.05) is 13.8 Å². The topological polar surface area (TPSA) is 85.3 Å². The molecule has 2 aliphatic rings. The molecule has 1 atom stereocenters. The summed E-state index contributed by atoms with van der Waals surface area (Å²) < 4.78 is 16.5. The molecule has 156 valence electrons. The van der Waals surface area contributed by atoms with E-state index in [4.69, 9.17) is 14.2 Å². The normalized spacial score (nSPS) is 17.8. The summed E-state index contributed by atoms with van der Waals surface area (Å²) in [5.41, 5.74) is 1.29. The van der Waals surface area contributed by atoms with Gasteiger partial charge in [0.2, 0.25) is 6.79 Å². The fourth-order valence-corrected chi connectivity index (χ4v) is 3.70. The van der Waals surface area contributed by atoms with Crippen LogP contribution in [0.5, 0.6) is 17.2 Å². The standard InChI is InChI=1S/C23H23NO6/c1-4-17(25)20-21(14-5-8-16(9-6-14)30-13(2)3)24(23(27)22(20)26)15-7-10-18-19(11-15)29-12-28-18/h5-11,13,21,26H,4,12H2,1-3H3. The van der Waals surface area contributed by atoms with E-state index in [0.29, 0.717) is 28.5 Å². The zero-order valence-electron chi connectivity index (χ0n) is 17.0. The minimum Gasteiger partial charge on any atom is -0.503 e. The first-order valence-corrected chi connectivity index (χ1v) is 9.86. The number of aliphatic hydroxyl groups is 1. The second-order valence-electron chi connectivity index (χ2n) is 7.39. The second kappa shape index (κ2) is 7.74. The maximum absolute atomic E-state index is 13.0. The minimum absolute atomic E-state index is 0.0233. The fraction of sp³-hybridized carbons (Fsp3) is 0.304. The number of rotatable bonds is 6. The summed E-state index contributed by atoms with van der Waals surface area (Å²) in [4.78, 5) is 27.1. The molecule has 0 aromatic heterocycles. The Balaban J connectivity index is 1.78. The molecular weight excluding hydrogens is 386 g/mol. The highest BCUT2D eigenvalue weighted by Crippen LogP contribution is 2.44. The Bertz CT molecular complexity index is 1020. The van der Waals surface area contributed by atoms with Gasteiger partial charge in [-0.2, -0.15) is 0 Å². The van der Waals surface area contributed by atoms with E-state index < -0.39 is 17.7 Å². The van der Waals surface area contributed by atoms with E-state index in [-0.39, 0.29) is 30.7 Å². The van der Waals surface area contributed by atoms with Gasteiger partial charge in [-0.15, -0.1) is 0 Å². The lowest BCUT2D eigenvalue weighted by Gasteiger charge is -2.27. The van der Waals surface area contributed by atoms with Crippen LogP contribution in [0.2, 0.25) is 0 Å². The number of benzene rings is 2. The summed E-state index contributed by atoms with van der Waals surface area (Å²) in [5, 5.41) is 10.6. The van der Waals surface area contributed by atoms with Crippen LogP contribution in [-0.4, -0.2) is 29.7 Å². The van der Waals surface area contributed by atoms with Crippen molar-refractivity contribution in [1.29, 1.82) is 0 Å². The number of aliphatic hydroxyl groups excluding tert-OH is 1. The lowest BCUT2D eigenvalue weighted by atomic mass is 9.94. The van der Waals surface area contributed by atoms with E-state index >= 15 is 0 Å². The van der Waals surface area contributed by atoms with Crippen molar-refractivity contribution >= 4 is 17.4 Å². The van der Waals surface area contributed by atoms with Crippen LogP contribution < -0.4 is 19.1 Å². The molecule has 0 radical (unpaired) electrons. The SMILES string of the molecule is CCC(=O)C1=C(O)C(=O)N(c2ccc3c(c2)OCO3)C1c1ccc(OC(C)C)cc1. The number of anilines is 1. The third-order valence-corrected chi connectivity index (χ3v) is 5.03. The van der Waals surface area contributed by atoms with Crippen LogP contribution in [0.25, 0.3) is 0 Å². The molecule has 0 bridgehead atoms. The molecule has 0 fully saturated rings. The monoisotopic (exact) mass is 409 g/mol. The first-order chi connectivity index (χ1) is 14.4. The largest absolute Gasteiger partial charge is 0.503 e. The van der Waals surface area contributed by atoms with Crippen molar-refractivity contribution < 1.29 is 28.9 Å². The van der Waals surface area contributed by atoms with Crippen LogP contribution in [0.15, 0.2) is 53.8 Å². The molecular formula is C23H23NO6. The molecule has 0 spiro atoms. The summed E-state index contributed by atoms with van der Waals surface area (Å²) >= 11 is 0. The first-order valence-electron chi connectivity index (χ1n) is 9.86. The summed E-state index contributed by atoms with van der Waals surface area (Å²) in [7, 11) is 0. The lowest BCUT2D eigenvalue weighted by Crippen LogP contribution is -2.31. The van der Waals surface area contributed by atoms with E-state index in [9.17, 15) is 14.7 Å². The van der Waals surface area contributed by atoms with Crippen molar-refractivity contribution in [3.63, 3.8) is 0 Å². The van der Waals surface area contributed by atoms with E-state index in [1.165, 1.54) is 4.90 Å². The van der Waals surface area contributed by atoms with Crippen LogP contribution in [0.1, 0.15) is 38.8 Å². The molecule has 0 saturated heterocycles. The van der Waals surface area contributed by atoms with Gasteiger partial charge in [0.15, 0.2) is 23.0 Å². The Morgan fingerprint density at radius 3 is 2.53 bits per heavy atom. The smallest absolute Gasteiger partial charge is 0.294 e. The number of carbonyl (C=O) groups excluding carboxylic acids is 2. The van der Waals surface area contributed by atoms with Crippen LogP contribution in [0, 0.1) is 0 Å². The van der Waals surface area contributed by atoms with Gasteiger partial charge in [0.05, 0.1) is 17.7 Å². The molecule has 4 rings (SSSR count). The van der Waals surface area contributed by atoms with Crippen LogP contribution >= 0.6 is 0 Å². The van der Waals surface area contributed by atoms with Gasteiger partial charge in [-0.25, -0.2) is 0 Å². The van der Waals surface area contributed by atoms with Gasteiger partial charge in [0.1, 0.15) is 5.75 Å². The van der Waals surface area contributed by atoms with Gasteiger partial charge in [-0.1, -0.05) is 19.1 Å². The molecule has 2 aromatic rings. The van der Waals surface area contributed by atoms with Gasteiger partial charge >= 0.3 is 0 Å². The zero-order chi connectivity index (χ0) is 21.4. The summed E-state index contributed by atoms with van der Waals surface area (Å²) in [5.74, 6) is 0.347. The fourth-order valence-electron chi connectivity index (χ4n) is 3.70. The number of ketones is 1. The third kappa shape index (κ3) is 3.36. The van der Waals surface area contributed by atoms with Gasteiger partial charge in [-0.3, -0.25) is 14.5 Å². The quantitative estimate of drug-likeness (QED) is 0.774. The minimum atomic E-state index is -0.751. The van der Waals surface area contributed by atoms with Crippen molar-refractivity contribution in [3.05, 3.63) is 59.4 Å². The summed E-state index contributed by atoms with van der Waals surface area (Å²) in [6.07, 6.45) is 0.197. The molecule has 0 saturated carbocycles. The van der Waals surface area contributed by atoms with Crippen molar-refractivity contribution in [3.8, 4) is 17.2 Å². The number of carbonyl (C=O) groups is 2. The maximum Gasteiger partial charge on any atom is 0.294 e. The first kappa shape index (κ1) is 19.8. The Labute approximate surface area is 174 Å². The summed E-state index contributed by atoms with van der Waals surface area (Å²) in [6.45, 7) is 5.68. The van der Waals surface area contributed by atoms with Crippen LogP contribution in [-0.2, 0) is 9.59 Å². The molecule has 7 heteroatoms.